The summed E-state index contributed by atoms with van der Waals surface area (Å²) in [4.78, 5) is 18.7. The maximum atomic E-state index is 12.6. The summed E-state index contributed by atoms with van der Waals surface area (Å²) in [7, 11) is 0. The molecule has 1 aliphatic rings. The van der Waals surface area contributed by atoms with Crippen molar-refractivity contribution in [2.45, 2.75) is 0 Å². The highest BCUT2D eigenvalue weighted by molar-refractivity contribution is 6.00. The standard InChI is InChI=1S/C21H21N3O2/c1-23-20(16-6-3-2-4-7-16)17(18-8-5-11-22-21(18)23)9-10-19(25)24-12-14-26-15-13-24/h2-11H,12-15H2,1H3/b10-9+/i1D3. The van der Waals surface area contributed by atoms with Crippen molar-refractivity contribution >= 4 is 23.0 Å². The summed E-state index contributed by atoms with van der Waals surface area (Å²) in [6, 6.07) is 12.9. The SMILES string of the molecule is [2H]C([2H])([2H])n1c(-c2ccccc2)c(/C=C/C(=O)N2CCOCC2)c2cccnc21. The van der Waals surface area contributed by atoms with Crippen molar-refractivity contribution in [2.24, 2.45) is 6.98 Å². The largest absolute Gasteiger partial charge is 0.378 e. The van der Waals surface area contributed by atoms with Crippen LogP contribution < -0.4 is 0 Å². The van der Waals surface area contributed by atoms with Gasteiger partial charge < -0.3 is 14.2 Å². The molecule has 0 saturated carbocycles. The Bertz CT molecular complexity index is 1050. The van der Waals surface area contributed by atoms with Crippen LogP contribution in [-0.2, 0) is 16.5 Å². The molecule has 1 fully saturated rings. The predicted molar refractivity (Wildman–Crippen MR) is 103 cm³/mol. The highest BCUT2D eigenvalue weighted by atomic mass is 16.5. The average molecular weight is 350 g/mol. The molecule has 132 valence electrons. The second-order valence-electron chi connectivity index (χ2n) is 6.11. The molecule has 1 aliphatic heterocycles. The number of pyridine rings is 1. The van der Waals surface area contributed by atoms with Crippen molar-refractivity contribution in [3.05, 3.63) is 60.3 Å². The highest BCUT2D eigenvalue weighted by Crippen LogP contribution is 2.33. The quantitative estimate of drug-likeness (QED) is 0.682. The molecule has 4 rings (SSSR count). The Balaban J connectivity index is 1.88. The summed E-state index contributed by atoms with van der Waals surface area (Å²) >= 11 is 0. The number of amides is 1. The summed E-state index contributed by atoms with van der Waals surface area (Å²) in [6.07, 6.45) is 4.78. The van der Waals surface area contributed by atoms with Crippen LogP contribution in [0.3, 0.4) is 0 Å². The van der Waals surface area contributed by atoms with Crippen LogP contribution >= 0.6 is 0 Å². The number of morpholine rings is 1. The van der Waals surface area contributed by atoms with Crippen molar-refractivity contribution in [3.63, 3.8) is 0 Å². The Kier molecular flexibility index (Phi) is 3.65. The van der Waals surface area contributed by atoms with Gasteiger partial charge in [0.2, 0.25) is 5.91 Å². The first-order chi connectivity index (χ1) is 14.0. The van der Waals surface area contributed by atoms with E-state index in [-0.39, 0.29) is 5.91 Å². The lowest BCUT2D eigenvalue weighted by molar-refractivity contribution is -0.129. The highest BCUT2D eigenvalue weighted by Gasteiger charge is 2.17. The maximum absolute atomic E-state index is 12.6. The van der Waals surface area contributed by atoms with Gasteiger partial charge in [-0.25, -0.2) is 4.98 Å². The van der Waals surface area contributed by atoms with Gasteiger partial charge in [0.25, 0.3) is 0 Å². The van der Waals surface area contributed by atoms with E-state index in [2.05, 4.69) is 4.98 Å². The van der Waals surface area contributed by atoms with E-state index in [0.717, 1.165) is 5.56 Å². The van der Waals surface area contributed by atoms with Crippen LogP contribution in [0.1, 0.15) is 9.68 Å². The second kappa shape index (κ2) is 7.14. The minimum atomic E-state index is -2.42. The second-order valence-corrected chi connectivity index (χ2v) is 6.11. The number of carbonyl (C=O) groups is 1. The van der Waals surface area contributed by atoms with Crippen molar-refractivity contribution in [2.75, 3.05) is 26.3 Å². The third-order valence-corrected chi connectivity index (χ3v) is 4.53. The molecule has 0 spiro atoms. The van der Waals surface area contributed by atoms with E-state index in [1.807, 2.05) is 36.4 Å². The van der Waals surface area contributed by atoms with Crippen LogP contribution in [0, 0.1) is 0 Å². The number of fused-ring (bicyclic) bond motifs is 1. The zero-order chi connectivity index (χ0) is 20.4. The van der Waals surface area contributed by atoms with Gasteiger partial charge in [-0.05, 0) is 23.8 Å². The Morgan fingerprint density at radius 1 is 1.19 bits per heavy atom. The van der Waals surface area contributed by atoms with Crippen LogP contribution in [0.4, 0.5) is 0 Å². The molecule has 0 unspecified atom stereocenters. The number of ether oxygens (including phenoxy) is 1. The van der Waals surface area contributed by atoms with Crippen LogP contribution in [0.5, 0.6) is 0 Å². The summed E-state index contributed by atoms with van der Waals surface area (Å²) < 4.78 is 30.8. The normalized spacial score (nSPS) is 17.2. The zero-order valence-corrected chi connectivity index (χ0v) is 14.3. The van der Waals surface area contributed by atoms with E-state index in [4.69, 9.17) is 8.85 Å². The number of rotatable bonds is 3. The molecule has 5 heteroatoms. The van der Waals surface area contributed by atoms with Crippen molar-refractivity contribution in [1.29, 1.82) is 0 Å². The van der Waals surface area contributed by atoms with Gasteiger partial charge >= 0.3 is 0 Å². The van der Waals surface area contributed by atoms with Gasteiger partial charge in [0.05, 0.1) is 18.9 Å². The monoisotopic (exact) mass is 350 g/mol. The fraction of sp³-hybridized carbons (Fsp3) is 0.238. The fourth-order valence-electron chi connectivity index (χ4n) is 3.23. The zero-order valence-electron chi connectivity index (χ0n) is 17.3. The third kappa shape index (κ3) is 3.02. The smallest absolute Gasteiger partial charge is 0.246 e. The van der Waals surface area contributed by atoms with E-state index >= 15 is 0 Å². The van der Waals surface area contributed by atoms with Gasteiger partial charge in [-0.3, -0.25) is 4.79 Å². The summed E-state index contributed by atoms with van der Waals surface area (Å²) in [6.45, 7) is -0.271. The molecule has 26 heavy (non-hydrogen) atoms. The first-order valence-electron chi connectivity index (χ1n) is 10.1. The molecule has 0 aliphatic carbocycles. The number of aryl methyl sites for hydroxylation is 1. The molecular formula is C21H21N3O2. The summed E-state index contributed by atoms with van der Waals surface area (Å²) in [5.74, 6) is -0.119. The first kappa shape index (κ1) is 13.3. The molecule has 3 heterocycles. The molecule has 0 N–H and O–H groups in total. The van der Waals surface area contributed by atoms with Crippen molar-refractivity contribution < 1.29 is 13.6 Å². The fourth-order valence-corrected chi connectivity index (χ4v) is 3.23. The van der Waals surface area contributed by atoms with Gasteiger partial charge in [0.15, 0.2) is 0 Å². The Hall–Kier alpha value is -2.92. The number of hydrogen-bond donors (Lipinski definition) is 0. The number of benzene rings is 1. The molecule has 2 aromatic heterocycles. The van der Waals surface area contributed by atoms with Gasteiger partial charge in [0, 0.05) is 47.4 Å². The lowest BCUT2D eigenvalue weighted by atomic mass is 10.1. The summed E-state index contributed by atoms with van der Waals surface area (Å²) in [5.41, 5.74) is 2.30. The lowest BCUT2D eigenvalue weighted by Crippen LogP contribution is -2.39. The van der Waals surface area contributed by atoms with Crippen molar-refractivity contribution in [1.82, 2.24) is 14.5 Å². The number of hydrogen-bond acceptors (Lipinski definition) is 3. The molecular weight excluding hydrogens is 326 g/mol. The average Bonchev–Trinajstić information content (AvgIpc) is 3.08. The molecule has 1 aromatic carbocycles. The van der Waals surface area contributed by atoms with Crippen LogP contribution in [0.15, 0.2) is 54.7 Å². The number of aromatic nitrogens is 2. The molecule has 3 aromatic rings. The van der Waals surface area contributed by atoms with Gasteiger partial charge in [-0.1, -0.05) is 30.3 Å². The topological polar surface area (TPSA) is 47.4 Å². The number of nitrogens with zero attached hydrogens (tertiary/aromatic N) is 3. The minimum Gasteiger partial charge on any atom is -0.378 e. The maximum Gasteiger partial charge on any atom is 0.246 e. The van der Waals surface area contributed by atoms with Crippen LogP contribution in [0.25, 0.3) is 28.4 Å². The van der Waals surface area contributed by atoms with Crippen LogP contribution in [-0.4, -0.2) is 46.7 Å². The minimum absolute atomic E-state index is 0.119. The molecule has 0 radical (unpaired) electrons. The van der Waals surface area contributed by atoms with Gasteiger partial charge in [0.1, 0.15) is 5.65 Å². The predicted octanol–water partition coefficient (Wildman–Crippen LogP) is 3.11. The Morgan fingerprint density at radius 3 is 2.77 bits per heavy atom. The van der Waals surface area contributed by atoms with E-state index in [9.17, 15) is 4.79 Å². The van der Waals surface area contributed by atoms with Gasteiger partial charge in [-0.2, -0.15) is 0 Å². The van der Waals surface area contributed by atoms with Crippen molar-refractivity contribution in [3.8, 4) is 11.3 Å². The van der Waals surface area contributed by atoms with E-state index in [1.165, 1.54) is 10.6 Å². The lowest BCUT2D eigenvalue weighted by Gasteiger charge is -2.25. The molecule has 1 amide bonds. The van der Waals surface area contributed by atoms with E-state index in [0.29, 0.717) is 48.6 Å². The number of carbonyl (C=O) groups excluding carboxylic acids is 1. The van der Waals surface area contributed by atoms with E-state index in [1.54, 1.807) is 23.2 Å². The third-order valence-electron chi connectivity index (χ3n) is 4.53. The molecule has 1 saturated heterocycles. The van der Waals surface area contributed by atoms with E-state index < -0.39 is 6.98 Å². The molecule has 0 bridgehead atoms. The first-order valence-corrected chi connectivity index (χ1v) is 8.57. The van der Waals surface area contributed by atoms with Gasteiger partial charge in [-0.15, -0.1) is 0 Å². The Morgan fingerprint density at radius 2 is 2.00 bits per heavy atom. The molecule has 5 nitrogen and oxygen atoms in total. The summed E-state index contributed by atoms with van der Waals surface area (Å²) in [5, 5.41) is 0.688. The van der Waals surface area contributed by atoms with Crippen LogP contribution in [0.2, 0.25) is 0 Å². The molecule has 0 atom stereocenters. The Labute approximate surface area is 156 Å².